The highest BCUT2D eigenvalue weighted by atomic mass is 127. The molecule has 1 aromatic carbocycles. The molecule has 2 fully saturated rings. The highest BCUT2D eigenvalue weighted by Crippen LogP contribution is 2.25. The second-order valence-electron chi connectivity index (χ2n) is 7.86. The maximum absolute atomic E-state index is 6.00. The van der Waals surface area contributed by atoms with Crippen LogP contribution in [0.25, 0.3) is 0 Å². The zero-order valence-electron chi connectivity index (χ0n) is 17.5. The topological polar surface area (TPSA) is 46.1 Å². The van der Waals surface area contributed by atoms with Crippen LogP contribution in [0.4, 0.5) is 0 Å². The van der Waals surface area contributed by atoms with Crippen molar-refractivity contribution in [2.45, 2.75) is 51.7 Å². The van der Waals surface area contributed by atoms with Crippen molar-refractivity contribution in [3.8, 4) is 0 Å². The van der Waals surface area contributed by atoms with Gasteiger partial charge in [0.1, 0.15) is 6.10 Å². The fourth-order valence-corrected chi connectivity index (χ4v) is 4.00. The monoisotopic (exact) mass is 501 g/mol. The Bertz CT molecular complexity index is 591. The Morgan fingerprint density at radius 2 is 1.93 bits per heavy atom. The van der Waals surface area contributed by atoms with E-state index in [2.05, 4.69) is 61.3 Å². The van der Waals surface area contributed by atoms with Crippen LogP contribution in [0.3, 0.4) is 0 Å². The Labute approximate surface area is 187 Å². The van der Waals surface area contributed by atoms with Crippen LogP contribution in [-0.2, 0) is 9.47 Å². The first kappa shape index (κ1) is 23.4. The van der Waals surface area contributed by atoms with E-state index in [1.165, 1.54) is 5.56 Å². The summed E-state index contributed by atoms with van der Waals surface area (Å²) in [5.41, 5.74) is 1.37. The normalized spacial score (nSPS) is 24.1. The summed E-state index contributed by atoms with van der Waals surface area (Å²) in [6, 6.07) is 10.7. The lowest BCUT2D eigenvalue weighted by atomic mass is 9.88. The SMILES string of the molecule is CCNC(=NCC(c1ccccc1)C(C)C)N1CCOC(C2CCCO2)C1.I. The summed E-state index contributed by atoms with van der Waals surface area (Å²) in [5.74, 6) is 1.98. The third-order valence-corrected chi connectivity index (χ3v) is 5.58. The molecule has 0 bridgehead atoms. The lowest BCUT2D eigenvalue weighted by Crippen LogP contribution is -2.53. The van der Waals surface area contributed by atoms with Crippen LogP contribution in [0.1, 0.15) is 45.1 Å². The molecule has 0 aromatic heterocycles. The van der Waals surface area contributed by atoms with Gasteiger partial charge in [-0.2, -0.15) is 0 Å². The van der Waals surface area contributed by atoms with Gasteiger partial charge in [0.05, 0.1) is 12.7 Å². The predicted molar refractivity (Wildman–Crippen MR) is 126 cm³/mol. The zero-order valence-corrected chi connectivity index (χ0v) is 19.8. The van der Waals surface area contributed by atoms with Crippen LogP contribution < -0.4 is 5.32 Å². The van der Waals surface area contributed by atoms with E-state index in [1.807, 2.05) is 0 Å². The van der Waals surface area contributed by atoms with Crippen molar-refractivity contribution in [2.75, 3.05) is 39.4 Å². The van der Waals surface area contributed by atoms with Gasteiger partial charge >= 0.3 is 0 Å². The van der Waals surface area contributed by atoms with E-state index in [-0.39, 0.29) is 36.2 Å². The van der Waals surface area contributed by atoms with Gasteiger partial charge < -0.3 is 19.7 Å². The first-order chi connectivity index (χ1) is 13.2. The van der Waals surface area contributed by atoms with Gasteiger partial charge in [-0.1, -0.05) is 44.2 Å². The molecule has 0 aliphatic carbocycles. The number of morpholine rings is 1. The predicted octanol–water partition coefficient (Wildman–Crippen LogP) is 3.89. The lowest BCUT2D eigenvalue weighted by molar-refractivity contribution is -0.0817. The van der Waals surface area contributed by atoms with Crippen molar-refractivity contribution < 1.29 is 9.47 Å². The molecule has 28 heavy (non-hydrogen) atoms. The molecule has 2 heterocycles. The lowest BCUT2D eigenvalue weighted by Gasteiger charge is -2.37. The van der Waals surface area contributed by atoms with Crippen molar-refractivity contribution in [2.24, 2.45) is 10.9 Å². The fourth-order valence-electron chi connectivity index (χ4n) is 4.00. The van der Waals surface area contributed by atoms with Crippen LogP contribution in [0.5, 0.6) is 0 Å². The minimum absolute atomic E-state index is 0. The Morgan fingerprint density at radius 1 is 1.18 bits per heavy atom. The number of halogens is 1. The number of hydrogen-bond donors (Lipinski definition) is 1. The molecule has 1 aromatic rings. The second kappa shape index (κ2) is 12.0. The largest absolute Gasteiger partial charge is 0.375 e. The van der Waals surface area contributed by atoms with Crippen molar-refractivity contribution in [1.82, 2.24) is 10.2 Å². The first-order valence-corrected chi connectivity index (χ1v) is 10.5. The molecule has 1 N–H and O–H groups in total. The van der Waals surface area contributed by atoms with Gasteiger partial charge in [0.15, 0.2) is 5.96 Å². The molecule has 3 rings (SSSR count). The van der Waals surface area contributed by atoms with Crippen LogP contribution in [0.2, 0.25) is 0 Å². The summed E-state index contributed by atoms with van der Waals surface area (Å²) in [6.45, 7) is 11.7. The number of guanidine groups is 1. The van der Waals surface area contributed by atoms with Crippen molar-refractivity contribution in [1.29, 1.82) is 0 Å². The summed E-state index contributed by atoms with van der Waals surface area (Å²) in [6.07, 6.45) is 2.64. The second-order valence-corrected chi connectivity index (χ2v) is 7.86. The average Bonchev–Trinajstić information content (AvgIpc) is 3.23. The molecular weight excluding hydrogens is 465 g/mol. The molecule has 0 amide bonds. The Balaban J connectivity index is 0.00000280. The van der Waals surface area contributed by atoms with E-state index < -0.39 is 0 Å². The van der Waals surface area contributed by atoms with Crippen molar-refractivity contribution >= 4 is 29.9 Å². The molecule has 5 nitrogen and oxygen atoms in total. The molecule has 2 aliphatic rings. The van der Waals surface area contributed by atoms with Gasteiger partial charge in [0, 0.05) is 38.7 Å². The van der Waals surface area contributed by atoms with Crippen molar-refractivity contribution in [3.05, 3.63) is 35.9 Å². The average molecular weight is 501 g/mol. The molecule has 3 unspecified atom stereocenters. The number of hydrogen-bond acceptors (Lipinski definition) is 3. The first-order valence-electron chi connectivity index (χ1n) is 10.5. The molecule has 0 spiro atoms. The zero-order chi connectivity index (χ0) is 19.1. The highest BCUT2D eigenvalue weighted by Gasteiger charge is 2.32. The molecule has 6 heteroatoms. The van der Waals surface area contributed by atoms with Crippen molar-refractivity contribution in [3.63, 3.8) is 0 Å². The Morgan fingerprint density at radius 3 is 2.57 bits per heavy atom. The summed E-state index contributed by atoms with van der Waals surface area (Å²) in [7, 11) is 0. The smallest absolute Gasteiger partial charge is 0.194 e. The summed E-state index contributed by atoms with van der Waals surface area (Å²) >= 11 is 0. The summed E-state index contributed by atoms with van der Waals surface area (Å²) in [5, 5.41) is 3.49. The Hall–Kier alpha value is -0.860. The molecule has 158 valence electrons. The fraction of sp³-hybridized carbons (Fsp3) is 0.682. The third-order valence-electron chi connectivity index (χ3n) is 5.58. The number of nitrogens with zero attached hydrogens (tertiary/aromatic N) is 2. The number of ether oxygens (including phenoxy) is 2. The van der Waals surface area contributed by atoms with Gasteiger partial charge in [0.25, 0.3) is 0 Å². The van der Waals surface area contributed by atoms with E-state index >= 15 is 0 Å². The maximum atomic E-state index is 6.00. The third kappa shape index (κ3) is 6.32. The van der Waals surface area contributed by atoms with Gasteiger partial charge in [-0.25, -0.2) is 0 Å². The van der Waals surface area contributed by atoms with Gasteiger partial charge in [-0.05, 0) is 31.2 Å². The molecule has 0 saturated carbocycles. The van der Waals surface area contributed by atoms with Gasteiger partial charge in [-0.3, -0.25) is 4.99 Å². The van der Waals surface area contributed by atoms with E-state index in [0.29, 0.717) is 11.8 Å². The summed E-state index contributed by atoms with van der Waals surface area (Å²) in [4.78, 5) is 7.38. The van der Waals surface area contributed by atoms with Crippen LogP contribution in [0, 0.1) is 5.92 Å². The van der Waals surface area contributed by atoms with E-state index in [1.54, 1.807) is 0 Å². The van der Waals surface area contributed by atoms with E-state index in [0.717, 1.165) is 58.2 Å². The molecular formula is C22H36IN3O2. The molecule has 3 atom stereocenters. The maximum Gasteiger partial charge on any atom is 0.194 e. The highest BCUT2D eigenvalue weighted by molar-refractivity contribution is 14.0. The Kier molecular flexibility index (Phi) is 10.0. The van der Waals surface area contributed by atoms with E-state index in [4.69, 9.17) is 14.5 Å². The van der Waals surface area contributed by atoms with Gasteiger partial charge in [0.2, 0.25) is 0 Å². The van der Waals surface area contributed by atoms with Crippen LogP contribution in [0.15, 0.2) is 35.3 Å². The standard InChI is InChI=1S/C22H35N3O2.HI/c1-4-23-22(24-15-19(17(2)3)18-9-6-5-7-10-18)25-12-14-27-21(16-25)20-11-8-13-26-20;/h5-7,9-10,17,19-21H,4,8,11-16H2,1-3H3,(H,23,24);1H. The number of nitrogens with one attached hydrogen (secondary N) is 1. The van der Waals surface area contributed by atoms with E-state index in [9.17, 15) is 0 Å². The molecule has 2 saturated heterocycles. The molecule has 0 radical (unpaired) electrons. The van der Waals surface area contributed by atoms with Crippen LogP contribution >= 0.6 is 24.0 Å². The van der Waals surface area contributed by atoms with Crippen LogP contribution in [-0.4, -0.2) is 62.5 Å². The molecule has 2 aliphatic heterocycles. The summed E-state index contributed by atoms with van der Waals surface area (Å²) < 4.78 is 11.9. The minimum atomic E-state index is 0. The number of benzene rings is 1. The number of rotatable bonds is 6. The van der Waals surface area contributed by atoms with Gasteiger partial charge in [-0.15, -0.1) is 24.0 Å². The minimum Gasteiger partial charge on any atom is -0.375 e. The quantitative estimate of drug-likeness (QED) is 0.365. The number of aliphatic imine (C=N–C) groups is 1.